The van der Waals surface area contributed by atoms with Gasteiger partial charge in [0.05, 0.1) is 13.7 Å². The number of aliphatic imine (C=N–C) groups is 1. The lowest BCUT2D eigenvalue weighted by molar-refractivity contribution is 0.0529. The molecule has 0 aliphatic heterocycles. The predicted molar refractivity (Wildman–Crippen MR) is 78.1 cm³/mol. The highest BCUT2D eigenvalue weighted by molar-refractivity contribution is 6.07. The van der Waals surface area contributed by atoms with Crippen LogP contribution < -0.4 is 15.8 Å². The SMILES string of the molecule is CCOC(=O)c1c(N=CNO)c(=O)oc2ccc(OC)cc12. The topological polar surface area (TPSA) is 110 Å². The average molecular weight is 306 g/mol. The summed E-state index contributed by atoms with van der Waals surface area (Å²) < 4.78 is 15.2. The Kier molecular flexibility index (Phi) is 4.74. The predicted octanol–water partition coefficient (Wildman–Crippen LogP) is 1.62. The number of benzene rings is 1. The monoisotopic (exact) mass is 306 g/mol. The molecule has 1 heterocycles. The van der Waals surface area contributed by atoms with Gasteiger partial charge in [-0.25, -0.2) is 14.6 Å². The number of nitrogens with one attached hydrogen (secondary N) is 1. The second-order valence-corrected chi connectivity index (χ2v) is 4.08. The molecule has 0 atom stereocenters. The molecule has 2 rings (SSSR count). The van der Waals surface area contributed by atoms with Crippen LogP contribution >= 0.6 is 0 Å². The van der Waals surface area contributed by atoms with Gasteiger partial charge in [0.25, 0.3) is 0 Å². The van der Waals surface area contributed by atoms with E-state index in [9.17, 15) is 9.59 Å². The van der Waals surface area contributed by atoms with E-state index in [-0.39, 0.29) is 23.4 Å². The van der Waals surface area contributed by atoms with Crippen LogP contribution in [0.5, 0.6) is 5.75 Å². The molecule has 0 radical (unpaired) electrons. The lowest BCUT2D eigenvalue weighted by Gasteiger charge is -2.09. The van der Waals surface area contributed by atoms with Crippen molar-refractivity contribution in [3.8, 4) is 5.75 Å². The normalized spacial score (nSPS) is 10.9. The zero-order chi connectivity index (χ0) is 16.1. The molecule has 0 unspecified atom stereocenters. The van der Waals surface area contributed by atoms with E-state index in [1.54, 1.807) is 18.5 Å². The summed E-state index contributed by atoms with van der Waals surface area (Å²) in [6.45, 7) is 1.77. The summed E-state index contributed by atoms with van der Waals surface area (Å²) in [5.41, 5.74) is 0.701. The van der Waals surface area contributed by atoms with E-state index in [1.165, 1.54) is 19.2 Å². The molecule has 22 heavy (non-hydrogen) atoms. The lowest BCUT2D eigenvalue weighted by atomic mass is 10.1. The Morgan fingerprint density at radius 3 is 2.91 bits per heavy atom. The third kappa shape index (κ3) is 2.91. The van der Waals surface area contributed by atoms with E-state index >= 15 is 0 Å². The highest BCUT2D eigenvalue weighted by atomic mass is 16.5. The first-order chi connectivity index (χ1) is 10.6. The van der Waals surface area contributed by atoms with Gasteiger partial charge in [-0.3, -0.25) is 10.7 Å². The standard InChI is InChI=1S/C14H14N2O6/c1-3-21-13(17)11-9-6-8(20-2)4-5-10(9)22-14(18)12(11)15-7-16-19/h4-7,19H,3H2,1-2H3,(H,15,16). The molecule has 0 fully saturated rings. The Morgan fingerprint density at radius 2 is 2.27 bits per heavy atom. The van der Waals surface area contributed by atoms with Gasteiger partial charge in [0.2, 0.25) is 0 Å². The molecule has 1 aromatic heterocycles. The smallest absolute Gasteiger partial charge is 0.363 e. The van der Waals surface area contributed by atoms with E-state index in [1.807, 2.05) is 0 Å². The Hall–Kier alpha value is -2.87. The molecule has 0 spiro atoms. The van der Waals surface area contributed by atoms with Crippen molar-refractivity contribution in [3.63, 3.8) is 0 Å². The zero-order valence-electron chi connectivity index (χ0n) is 12.0. The Labute approximate surface area is 124 Å². The molecule has 0 saturated heterocycles. The van der Waals surface area contributed by atoms with Gasteiger partial charge in [0, 0.05) is 5.39 Å². The minimum atomic E-state index is -0.827. The van der Waals surface area contributed by atoms with Gasteiger partial charge < -0.3 is 13.9 Å². The summed E-state index contributed by atoms with van der Waals surface area (Å²) >= 11 is 0. The minimum Gasteiger partial charge on any atom is -0.497 e. The van der Waals surface area contributed by atoms with Crippen LogP contribution in [0.1, 0.15) is 17.3 Å². The van der Waals surface area contributed by atoms with Crippen molar-refractivity contribution in [2.75, 3.05) is 13.7 Å². The number of nitrogens with zero attached hydrogens (tertiary/aromatic N) is 1. The van der Waals surface area contributed by atoms with Crippen LogP contribution in [0.4, 0.5) is 5.69 Å². The van der Waals surface area contributed by atoms with Crippen LogP contribution in [-0.4, -0.2) is 31.2 Å². The van der Waals surface area contributed by atoms with Crippen molar-refractivity contribution in [1.29, 1.82) is 0 Å². The van der Waals surface area contributed by atoms with E-state index in [4.69, 9.17) is 19.1 Å². The van der Waals surface area contributed by atoms with Crippen LogP contribution in [0, 0.1) is 0 Å². The molecular formula is C14H14N2O6. The molecule has 1 aromatic carbocycles. The van der Waals surface area contributed by atoms with E-state index in [0.717, 1.165) is 6.34 Å². The maximum absolute atomic E-state index is 12.2. The Balaban J connectivity index is 2.82. The number of methoxy groups -OCH3 is 1. The fourth-order valence-electron chi connectivity index (χ4n) is 1.92. The Bertz CT molecular complexity index is 781. The van der Waals surface area contributed by atoms with Gasteiger partial charge in [-0.05, 0) is 25.1 Å². The molecule has 0 saturated carbocycles. The highest BCUT2D eigenvalue weighted by Crippen LogP contribution is 2.28. The van der Waals surface area contributed by atoms with Gasteiger partial charge in [-0.15, -0.1) is 0 Å². The first kappa shape index (κ1) is 15.5. The van der Waals surface area contributed by atoms with Crippen molar-refractivity contribution in [1.82, 2.24) is 5.48 Å². The maximum atomic E-state index is 12.2. The molecule has 2 aromatic rings. The summed E-state index contributed by atoms with van der Waals surface area (Å²) in [5.74, 6) is -0.249. The molecule has 0 aliphatic carbocycles. The first-order valence-electron chi connectivity index (χ1n) is 6.36. The van der Waals surface area contributed by atoms with E-state index in [2.05, 4.69) is 4.99 Å². The molecule has 8 nitrogen and oxygen atoms in total. The number of carbonyl (C=O) groups excluding carboxylic acids is 1. The zero-order valence-corrected chi connectivity index (χ0v) is 12.0. The fourth-order valence-corrected chi connectivity index (χ4v) is 1.92. The van der Waals surface area contributed by atoms with Crippen LogP contribution in [-0.2, 0) is 4.74 Å². The second kappa shape index (κ2) is 6.72. The van der Waals surface area contributed by atoms with Crippen LogP contribution in [0.3, 0.4) is 0 Å². The number of carbonyl (C=O) groups is 1. The van der Waals surface area contributed by atoms with Gasteiger partial charge in [0.15, 0.2) is 5.69 Å². The molecular weight excluding hydrogens is 292 g/mol. The molecule has 0 bridgehead atoms. The number of esters is 1. The largest absolute Gasteiger partial charge is 0.497 e. The quantitative estimate of drug-likeness (QED) is 0.284. The lowest BCUT2D eigenvalue weighted by Crippen LogP contribution is -2.13. The van der Waals surface area contributed by atoms with Crippen LogP contribution in [0.25, 0.3) is 11.0 Å². The van der Waals surface area contributed by atoms with Crippen molar-refractivity contribution in [2.45, 2.75) is 6.92 Å². The first-order valence-corrected chi connectivity index (χ1v) is 6.36. The number of ether oxygens (including phenoxy) is 2. The summed E-state index contributed by atoms with van der Waals surface area (Å²) in [6.07, 6.45) is 0.848. The number of hydroxylamine groups is 1. The molecule has 8 heteroatoms. The average Bonchev–Trinajstić information content (AvgIpc) is 2.52. The third-order valence-electron chi connectivity index (χ3n) is 2.82. The van der Waals surface area contributed by atoms with Crippen molar-refractivity contribution in [3.05, 3.63) is 34.2 Å². The van der Waals surface area contributed by atoms with Crippen molar-refractivity contribution < 1.29 is 23.9 Å². The summed E-state index contributed by atoms with van der Waals surface area (Å²) in [5, 5.41) is 8.90. The summed E-state index contributed by atoms with van der Waals surface area (Å²) in [4.78, 5) is 27.9. The Morgan fingerprint density at radius 1 is 1.50 bits per heavy atom. The highest BCUT2D eigenvalue weighted by Gasteiger charge is 2.22. The number of fused-ring (bicyclic) bond motifs is 1. The van der Waals surface area contributed by atoms with Gasteiger partial charge in [0.1, 0.15) is 23.2 Å². The fraction of sp³-hybridized carbons (Fsp3) is 0.214. The molecule has 0 aliphatic rings. The second-order valence-electron chi connectivity index (χ2n) is 4.08. The maximum Gasteiger partial charge on any atom is 0.363 e. The van der Waals surface area contributed by atoms with Crippen LogP contribution in [0.15, 0.2) is 32.4 Å². The van der Waals surface area contributed by atoms with E-state index < -0.39 is 11.6 Å². The molecule has 116 valence electrons. The molecule has 2 N–H and O–H groups in total. The van der Waals surface area contributed by atoms with Gasteiger partial charge in [-0.2, -0.15) is 0 Å². The number of rotatable bonds is 5. The third-order valence-corrected chi connectivity index (χ3v) is 2.82. The van der Waals surface area contributed by atoms with E-state index in [0.29, 0.717) is 11.1 Å². The van der Waals surface area contributed by atoms with Crippen molar-refractivity contribution >= 4 is 29.0 Å². The van der Waals surface area contributed by atoms with Crippen molar-refractivity contribution in [2.24, 2.45) is 4.99 Å². The summed E-state index contributed by atoms with van der Waals surface area (Å²) in [7, 11) is 1.47. The number of hydrogen-bond acceptors (Lipinski definition) is 7. The minimum absolute atomic E-state index is 0.0569. The number of hydrogen-bond donors (Lipinski definition) is 2. The van der Waals surface area contributed by atoms with Gasteiger partial charge in [-0.1, -0.05) is 0 Å². The van der Waals surface area contributed by atoms with Crippen LogP contribution in [0.2, 0.25) is 0 Å². The molecule has 0 amide bonds. The summed E-state index contributed by atoms with van der Waals surface area (Å²) in [6, 6.07) is 4.64. The van der Waals surface area contributed by atoms with Gasteiger partial charge >= 0.3 is 11.6 Å².